The third kappa shape index (κ3) is 6.05. The van der Waals surface area contributed by atoms with Crippen molar-refractivity contribution < 1.29 is 32.1 Å². The maximum Gasteiger partial charge on any atom is 0.422 e. The van der Waals surface area contributed by atoms with Crippen LogP contribution in [-0.2, 0) is 5.41 Å². The molecular formula is C21H19F3N4O5. The van der Waals surface area contributed by atoms with Crippen LogP contribution in [-0.4, -0.2) is 33.8 Å². The zero-order chi connectivity index (χ0) is 24.4. The number of halogens is 3. The van der Waals surface area contributed by atoms with Crippen molar-refractivity contribution in [2.24, 2.45) is 0 Å². The molecule has 1 aromatic heterocycles. The molecule has 0 bridgehead atoms. The van der Waals surface area contributed by atoms with E-state index in [4.69, 9.17) is 4.52 Å². The van der Waals surface area contributed by atoms with Crippen LogP contribution in [0.3, 0.4) is 0 Å². The number of aromatic nitrogens is 2. The molecule has 0 radical (unpaired) electrons. The number of hydrogen-bond donors (Lipinski definition) is 1. The van der Waals surface area contributed by atoms with Crippen LogP contribution in [0, 0.1) is 10.1 Å². The summed E-state index contributed by atoms with van der Waals surface area (Å²) in [6, 6.07) is 9.07. The van der Waals surface area contributed by atoms with E-state index in [9.17, 15) is 28.1 Å². The van der Waals surface area contributed by atoms with Crippen LogP contribution >= 0.6 is 0 Å². The highest BCUT2D eigenvalue weighted by atomic mass is 19.4. The first-order valence-electron chi connectivity index (χ1n) is 9.57. The summed E-state index contributed by atoms with van der Waals surface area (Å²) in [6.07, 6.45) is -4.60. The van der Waals surface area contributed by atoms with Crippen molar-refractivity contribution in [2.45, 2.75) is 32.4 Å². The molecule has 0 saturated heterocycles. The number of rotatable bonds is 6. The van der Waals surface area contributed by atoms with Crippen LogP contribution < -0.4 is 10.1 Å². The standard InChI is InChI=1S/C21H19F3N4O5/c1-20(2,3)19-26-17(27-33-19)12-4-6-13(7-5-12)25-18(29)15-10-14(32-11-21(22,23)24)8-9-16(15)28(30)31/h4-10H,11H2,1-3H3,(H,25,29). The second-order valence-electron chi connectivity index (χ2n) is 8.04. The Morgan fingerprint density at radius 2 is 1.82 bits per heavy atom. The lowest BCUT2D eigenvalue weighted by Gasteiger charge is -2.11. The average molecular weight is 464 g/mol. The molecule has 33 heavy (non-hydrogen) atoms. The SMILES string of the molecule is CC(C)(C)c1nc(-c2ccc(NC(=O)c3cc(OCC(F)(F)F)ccc3[N+](=O)[O-])cc2)no1. The summed E-state index contributed by atoms with van der Waals surface area (Å²) in [6.45, 7) is 4.17. The van der Waals surface area contributed by atoms with Crippen molar-refractivity contribution in [3.05, 3.63) is 64.0 Å². The second kappa shape index (κ2) is 8.88. The molecule has 0 aliphatic rings. The molecule has 3 rings (SSSR count). The highest BCUT2D eigenvalue weighted by molar-refractivity contribution is 6.07. The van der Waals surface area contributed by atoms with Gasteiger partial charge in [-0.25, -0.2) is 0 Å². The molecule has 1 heterocycles. The van der Waals surface area contributed by atoms with Crippen LogP contribution in [0.1, 0.15) is 37.0 Å². The normalized spacial score (nSPS) is 11.8. The van der Waals surface area contributed by atoms with Gasteiger partial charge in [-0.1, -0.05) is 25.9 Å². The highest BCUT2D eigenvalue weighted by Crippen LogP contribution is 2.28. The van der Waals surface area contributed by atoms with Gasteiger partial charge in [0.2, 0.25) is 11.7 Å². The summed E-state index contributed by atoms with van der Waals surface area (Å²) in [5, 5.41) is 17.7. The lowest BCUT2D eigenvalue weighted by molar-refractivity contribution is -0.385. The summed E-state index contributed by atoms with van der Waals surface area (Å²) >= 11 is 0. The van der Waals surface area contributed by atoms with Crippen molar-refractivity contribution in [3.8, 4) is 17.1 Å². The monoisotopic (exact) mass is 464 g/mol. The summed E-state index contributed by atoms with van der Waals surface area (Å²) in [5.74, 6) is -0.413. The van der Waals surface area contributed by atoms with Gasteiger partial charge >= 0.3 is 6.18 Å². The summed E-state index contributed by atoms with van der Waals surface area (Å²) in [5.41, 5.74) is -0.451. The Kier molecular flexibility index (Phi) is 6.38. The van der Waals surface area contributed by atoms with Gasteiger partial charge in [-0.15, -0.1) is 0 Å². The third-order valence-electron chi connectivity index (χ3n) is 4.28. The molecule has 0 aliphatic heterocycles. The lowest BCUT2D eigenvalue weighted by Crippen LogP contribution is -2.20. The third-order valence-corrected chi connectivity index (χ3v) is 4.28. The Morgan fingerprint density at radius 3 is 2.36 bits per heavy atom. The maximum atomic E-state index is 12.6. The molecule has 0 fully saturated rings. The van der Waals surface area contributed by atoms with Crippen molar-refractivity contribution >= 4 is 17.3 Å². The Labute approximate surface area is 185 Å². The maximum absolute atomic E-state index is 12.6. The predicted octanol–water partition coefficient (Wildman–Crippen LogP) is 5.14. The van der Waals surface area contributed by atoms with Gasteiger partial charge in [-0.2, -0.15) is 18.2 Å². The van der Waals surface area contributed by atoms with Gasteiger partial charge in [0.1, 0.15) is 11.3 Å². The van der Waals surface area contributed by atoms with Crippen LogP contribution in [0.4, 0.5) is 24.5 Å². The van der Waals surface area contributed by atoms with E-state index in [1.807, 2.05) is 20.8 Å². The largest absolute Gasteiger partial charge is 0.484 e. The van der Waals surface area contributed by atoms with Gasteiger partial charge in [0, 0.05) is 22.7 Å². The van der Waals surface area contributed by atoms with Crippen molar-refractivity contribution in [1.29, 1.82) is 0 Å². The number of carbonyl (C=O) groups excluding carboxylic acids is 1. The minimum atomic E-state index is -4.60. The number of nitrogens with zero attached hydrogens (tertiary/aromatic N) is 3. The topological polar surface area (TPSA) is 120 Å². The molecule has 0 saturated carbocycles. The first-order valence-corrected chi connectivity index (χ1v) is 9.57. The number of hydrogen-bond acceptors (Lipinski definition) is 7. The van der Waals surface area contributed by atoms with Crippen molar-refractivity contribution in [2.75, 3.05) is 11.9 Å². The van der Waals surface area contributed by atoms with Gasteiger partial charge in [0.05, 0.1) is 4.92 Å². The zero-order valence-electron chi connectivity index (χ0n) is 17.8. The van der Waals surface area contributed by atoms with E-state index in [0.717, 1.165) is 18.2 Å². The number of nitro groups is 1. The van der Waals surface area contributed by atoms with Gasteiger partial charge in [0.25, 0.3) is 11.6 Å². The Balaban J connectivity index is 1.79. The number of nitrogens with one attached hydrogen (secondary N) is 1. The number of alkyl halides is 3. The van der Waals surface area contributed by atoms with E-state index < -0.39 is 34.9 Å². The number of benzene rings is 2. The summed E-state index contributed by atoms with van der Waals surface area (Å²) < 4.78 is 47.0. The lowest BCUT2D eigenvalue weighted by atomic mass is 9.97. The Morgan fingerprint density at radius 1 is 1.15 bits per heavy atom. The second-order valence-corrected chi connectivity index (χ2v) is 8.04. The van der Waals surface area contributed by atoms with E-state index in [1.54, 1.807) is 12.1 Å². The molecule has 9 nitrogen and oxygen atoms in total. The van der Waals surface area contributed by atoms with E-state index in [1.165, 1.54) is 12.1 Å². The summed E-state index contributed by atoms with van der Waals surface area (Å²) in [4.78, 5) is 27.4. The average Bonchev–Trinajstić information content (AvgIpc) is 3.23. The number of carbonyl (C=O) groups is 1. The van der Waals surface area contributed by atoms with Gasteiger partial charge in [0.15, 0.2) is 6.61 Å². The Bertz CT molecular complexity index is 1170. The highest BCUT2D eigenvalue weighted by Gasteiger charge is 2.29. The van der Waals surface area contributed by atoms with Crippen LogP contribution in [0.5, 0.6) is 5.75 Å². The van der Waals surface area contributed by atoms with E-state index in [-0.39, 0.29) is 11.2 Å². The molecule has 0 spiro atoms. The molecule has 1 amide bonds. The van der Waals surface area contributed by atoms with Crippen LogP contribution in [0.2, 0.25) is 0 Å². The quantitative estimate of drug-likeness (QED) is 0.396. The van der Waals surface area contributed by atoms with Gasteiger partial charge < -0.3 is 14.6 Å². The molecule has 2 aromatic carbocycles. The minimum absolute atomic E-state index is 0.291. The molecule has 3 aromatic rings. The molecule has 174 valence electrons. The Hall–Kier alpha value is -3.96. The van der Waals surface area contributed by atoms with Crippen LogP contribution in [0.25, 0.3) is 11.4 Å². The summed E-state index contributed by atoms with van der Waals surface area (Å²) in [7, 11) is 0. The molecule has 1 N–H and O–H groups in total. The first-order chi connectivity index (χ1) is 15.3. The number of nitro benzene ring substituents is 1. The number of anilines is 1. The van der Waals surface area contributed by atoms with Crippen LogP contribution in [0.15, 0.2) is 47.0 Å². The molecular weight excluding hydrogens is 445 g/mol. The van der Waals surface area contributed by atoms with E-state index in [2.05, 4.69) is 20.2 Å². The number of amides is 1. The number of ether oxygens (including phenoxy) is 1. The van der Waals surface area contributed by atoms with Gasteiger partial charge in [-0.05, 0) is 36.4 Å². The van der Waals surface area contributed by atoms with Crippen molar-refractivity contribution in [1.82, 2.24) is 10.1 Å². The predicted molar refractivity (Wildman–Crippen MR) is 111 cm³/mol. The smallest absolute Gasteiger partial charge is 0.422 e. The van der Waals surface area contributed by atoms with Gasteiger partial charge in [-0.3, -0.25) is 14.9 Å². The van der Waals surface area contributed by atoms with E-state index >= 15 is 0 Å². The van der Waals surface area contributed by atoms with Crippen molar-refractivity contribution in [3.63, 3.8) is 0 Å². The fourth-order valence-corrected chi connectivity index (χ4v) is 2.66. The fraction of sp³-hybridized carbons (Fsp3) is 0.286. The first kappa shape index (κ1) is 23.7. The minimum Gasteiger partial charge on any atom is -0.484 e. The molecule has 0 atom stereocenters. The molecule has 12 heteroatoms. The van der Waals surface area contributed by atoms with E-state index in [0.29, 0.717) is 23.0 Å². The fourth-order valence-electron chi connectivity index (χ4n) is 2.66. The molecule has 0 aliphatic carbocycles. The zero-order valence-corrected chi connectivity index (χ0v) is 17.8. The molecule has 0 unspecified atom stereocenters.